The molecule has 0 radical (unpaired) electrons. The number of hydrogen-bond donors (Lipinski definition) is 4. The fraction of sp³-hybridized carbons (Fsp3) is 0.500. The summed E-state index contributed by atoms with van der Waals surface area (Å²) in [5.41, 5.74) is 7.45. The predicted octanol–water partition coefficient (Wildman–Crippen LogP) is 1.46. The highest BCUT2D eigenvalue weighted by molar-refractivity contribution is 6.26. The number of rotatable bonds is 12. The Morgan fingerprint density at radius 1 is 1.03 bits per heavy atom. The maximum atomic E-state index is 12.9. The van der Waals surface area contributed by atoms with Crippen molar-refractivity contribution in [3.63, 3.8) is 0 Å². The Labute approximate surface area is 187 Å². The summed E-state index contributed by atoms with van der Waals surface area (Å²) in [5, 5.41) is 7.65. The molecule has 1 rings (SSSR count). The van der Waals surface area contributed by atoms with Crippen LogP contribution in [0.2, 0.25) is 0 Å². The molecular weight excluding hydrogens is 414 g/mol. The SMILES string of the molecule is CC(C)CC(NC(=O)OCc1ccccc1)C(=O)NC(C(=O)NCC(=O)C=[N+]=N)C(C)C. The van der Waals surface area contributed by atoms with Gasteiger partial charge in [0.15, 0.2) is 0 Å². The van der Waals surface area contributed by atoms with Gasteiger partial charge >= 0.3 is 12.3 Å². The van der Waals surface area contributed by atoms with Gasteiger partial charge in [0, 0.05) is 0 Å². The second-order valence-electron chi connectivity index (χ2n) is 8.06. The number of ether oxygens (including phenoxy) is 1. The Morgan fingerprint density at radius 2 is 1.69 bits per heavy atom. The zero-order valence-electron chi connectivity index (χ0n) is 18.9. The lowest BCUT2D eigenvalue weighted by Crippen LogP contribution is -2.56. The van der Waals surface area contributed by atoms with Crippen LogP contribution in [0.15, 0.2) is 30.3 Å². The number of carbonyl (C=O) groups is 4. The highest BCUT2D eigenvalue weighted by atomic mass is 16.5. The zero-order chi connectivity index (χ0) is 24.1. The van der Waals surface area contributed by atoms with Crippen LogP contribution in [-0.4, -0.2) is 53.3 Å². The molecule has 1 aromatic carbocycles. The lowest BCUT2D eigenvalue weighted by molar-refractivity contribution is -0.133. The summed E-state index contributed by atoms with van der Waals surface area (Å²) in [5.74, 6) is -1.79. The first-order valence-corrected chi connectivity index (χ1v) is 10.4. The molecule has 0 spiro atoms. The molecule has 0 aromatic heterocycles. The van der Waals surface area contributed by atoms with Crippen molar-refractivity contribution in [1.82, 2.24) is 16.0 Å². The third-order valence-electron chi connectivity index (χ3n) is 4.42. The van der Waals surface area contributed by atoms with Gasteiger partial charge in [-0.1, -0.05) is 58.0 Å². The molecular formula is C22H32N5O5+. The first-order chi connectivity index (χ1) is 15.1. The third-order valence-corrected chi connectivity index (χ3v) is 4.42. The molecule has 10 heteroatoms. The molecule has 0 bridgehead atoms. The molecule has 2 unspecified atom stereocenters. The number of ketones is 1. The minimum absolute atomic E-state index is 0.0648. The fourth-order valence-corrected chi connectivity index (χ4v) is 2.80. The number of nitrogens with one attached hydrogen (secondary N) is 4. The molecule has 4 N–H and O–H groups in total. The first kappa shape index (κ1) is 26.5. The van der Waals surface area contributed by atoms with Crippen molar-refractivity contribution in [1.29, 1.82) is 5.53 Å². The number of alkyl carbamates (subject to hydrolysis) is 1. The van der Waals surface area contributed by atoms with Crippen molar-refractivity contribution >= 4 is 29.9 Å². The van der Waals surface area contributed by atoms with E-state index in [-0.39, 0.29) is 25.0 Å². The maximum Gasteiger partial charge on any atom is 0.408 e. The van der Waals surface area contributed by atoms with E-state index in [1.54, 1.807) is 13.8 Å². The van der Waals surface area contributed by atoms with Gasteiger partial charge in [-0.2, -0.15) is 0 Å². The van der Waals surface area contributed by atoms with Crippen LogP contribution in [0.4, 0.5) is 4.79 Å². The summed E-state index contributed by atoms with van der Waals surface area (Å²) in [6, 6.07) is 7.33. The summed E-state index contributed by atoms with van der Waals surface area (Å²) in [6.45, 7) is 7.04. The lowest BCUT2D eigenvalue weighted by Gasteiger charge is -2.25. The standard InChI is InChI=1S/C22H31N5O5/c1-14(2)10-18(26-22(31)32-13-16-8-6-5-7-9-16)20(29)27-19(15(3)4)21(30)24-11-17(28)12-25-23/h5-9,12,14-15,18-19,23H,10-11,13H2,1-4H3,(H2-,24,26,27,29,30,31)/p+1. The summed E-state index contributed by atoms with van der Waals surface area (Å²) in [7, 11) is 0. The Morgan fingerprint density at radius 3 is 2.25 bits per heavy atom. The second-order valence-corrected chi connectivity index (χ2v) is 8.06. The van der Waals surface area contributed by atoms with Gasteiger partial charge in [0.1, 0.15) is 18.7 Å². The molecule has 2 atom stereocenters. The summed E-state index contributed by atoms with van der Waals surface area (Å²) in [6.07, 6.45) is 0.393. The minimum Gasteiger partial charge on any atom is -0.445 e. The Bertz CT molecular complexity index is 834. The van der Waals surface area contributed by atoms with Gasteiger partial charge in [-0.15, -0.1) is 0 Å². The van der Waals surface area contributed by atoms with Crippen molar-refractivity contribution in [3.8, 4) is 0 Å². The number of benzene rings is 1. The molecule has 0 aliphatic heterocycles. The van der Waals surface area contributed by atoms with Crippen LogP contribution in [0.25, 0.3) is 0 Å². The molecule has 0 aliphatic rings. The molecule has 0 heterocycles. The van der Waals surface area contributed by atoms with Gasteiger partial charge in [0.25, 0.3) is 5.78 Å². The van der Waals surface area contributed by atoms with Gasteiger partial charge in [-0.3, -0.25) is 14.4 Å². The van der Waals surface area contributed by atoms with Crippen molar-refractivity contribution in [2.75, 3.05) is 6.54 Å². The largest absolute Gasteiger partial charge is 0.445 e. The molecule has 1 aromatic rings. The van der Waals surface area contributed by atoms with Crippen LogP contribution >= 0.6 is 0 Å². The molecule has 174 valence electrons. The Kier molecular flexibility index (Phi) is 11.4. The lowest BCUT2D eigenvalue weighted by atomic mass is 10.00. The fourth-order valence-electron chi connectivity index (χ4n) is 2.80. The molecule has 0 saturated carbocycles. The highest BCUT2D eigenvalue weighted by Gasteiger charge is 2.29. The molecule has 3 amide bonds. The summed E-state index contributed by atoms with van der Waals surface area (Å²) < 4.78 is 5.20. The van der Waals surface area contributed by atoms with Crippen LogP contribution in [0.1, 0.15) is 39.7 Å². The van der Waals surface area contributed by atoms with E-state index in [2.05, 4.69) is 20.7 Å². The predicted molar refractivity (Wildman–Crippen MR) is 117 cm³/mol. The molecule has 0 fully saturated rings. The average molecular weight is 447 g/mol. The van der Waals surface area contributed by atoms with E-state index in [1.165, 1.54) is 0 Å². The molecule has 32 heavy (non-hydrogen) atoms. The van der Waals surface area contributed by atoms with E-state index in [0.717, 1.165) is 11.8 Å². The smallest absolute Gasteiger partial charge is 0.408 e. The van der Waals surface area contributed by atoms with E-state index < -0.39 is 35.8 Å². The molecule has 0 saturated heterocycles. The summed E-state index contributed by atoms with van der Waals surface area (Å²) in [4.78, 5) is 51.9. The number of carbonyl (C=O) groups excluding carboxylic acids is 4. The van der Waals surface area contributed by atoms with Gasteiger partial charge < -0.3 is 20.7 Å². The molecule has 0 aliphatic carbocycles. The van der Waals surface area contributed by atoms with Gasteiger partial charge in [-0.05, 0) is 23.8 Å². The molecule has 10 nitrogen and oxygen atoms in total. The Hall–Kier alpha value is -3.52. The van der Waals surface area contributed by atoms with Gasteiger partial charge in [0.2, 0.25) is 11.8 Å². The van der Waals surface area contributed by atoms with Crippen molar-refractivity contribution < 1.29 is 28.7 Å². The van der Waals surface area contributed by atoms with E-state index in [4.69, 9.17) is 10.3 Å². The van der Waals surface area contributed by atoms with Crippen LogP contribution in [-0.2, 0) is 25.7 Å². The number of hydrogen-bond acceptors (Lipinski definition) is 6. The van der Waals surface area contributed by atoms with Crippen LogP contribution < -0.4 is 16.0 Å². The highest BCUT2D eigenvalue weighted by Crippen LogP contribution is 2.09. The van der Waals surface area contributed by atoms with Crippen molar-refractivity contribution in [2.24, 2.45) is 11.8 Å². The Balaban J connectivity index is 2.75. The number of nitrogens with zero attached hydrogens (tertiary/aromatic N) is 1. The number of amides is 3. The van der Waals surface area contributed by atoms with Crippen molar-refractivity contribution in [2.45, 2.75) is 52.8 Å². The van der Waals surface area contributed by atoms with E-state index in [1.807, 2.05) is 44.2 Å². The second kappa shape index (κ2) is 13.7. The third kappa shape index (κ3) is 9.99. The van der Waals surface area contributed by atoms with Crippen LogP contribution in [0.5, 0.6) is 0 Å². The average Bonchev–Trinajstić information content (AvgIpc) is 2.74. The van der Waals surface area contributed by atoms with Crippen LogP contribution in [0, 0.1) is 17.4 Å². The number of Topliss-reactive ketones (excluding diaryl/α,β-unsaturated/α-hetero) is 1. The topological polar surface area (TPSA) is 152 Å². The first-order valence-electron chi connectivity index (χ1n) is 10.4. The normalized spacial score (nSPS) is 12.3. The minimum atomic E-state index is -0.917. The van der Waals surface area contributed by atoms with E-state index >= 15 is 0 Å². The van der Waals surface area contributed by atoms with E-state index in [9.17, 15) is 19.2 Å². The monoisotopic (exact) mass is 446 g/mol. The van der Waals surface area contributed by atoms with Gasteiger partial charge in [0.05, 0.1) is 16.9 Å². The maximum absolute atomic E-state index is 12.9. The zero-order valence-corrected chi connectivity index (χ0v) is 18.9. The van der Waals surface area contributed by atoms with Crippen molar-refractivity contribution in [3.05, 3.63) is 35.9 Å². The quantitative estimate of drug-likeness (QED) is 0.218. The van der Waals surface area contributed by atoms with Gasteiger partial charge in [-0.25, -0.2) is 4.79 Å². The van der Waals surface area contributed by atoms with Crippen LogP contribution in [0.3, 0.4) is 0 Å². The van der Waals surface area contributed by atoms with E-state index in [0.29, 0.717) is 6.42 Å². The summed E-state index contributed by atoms with van der Waals surface area (Å²) >= 11 is 0.